The van der Waals surface area contributed by atoms with Gasteiger partial charge in [0.05, 0.1) is 18.8 Å². The molecule has 14 heavy (non-hydrogen) atoms. The molecule has 0 unspecified atom stereocenters. The minimum absolute atomic E-state index is 0.0462. The third-order valence-electron chi connectivity index (χ3n) is 3.00. The highest BCUT2D eigenvalue weighted by Crippen LogP contribution is 2.31. The van der Waals surface area contributed by atoms with Gasteiger partial charge in [0, 0.05) is 0 Å². The lowest BCUT2D eigenvalue weighted by Crippen LogP contribution is -2.33. The maximum atomic E-state index is 6.18. The number of hydrogen-bond acceptors (Lipinski definition) is 2. The molecule has 0 spiro atoms. The van der Waals surface area contributed by atoms with E-state index in [2.05, 4.69) is 32.0 Å². The zero-order chi connectivity index (χ0) is 10.1. The van der Waals surface area contributed by atoms with Gasteiger partial charge in [0.2, 0.25) is 0 Å². The van der Waals surface area contributed by atoms with Crippen molar-refractivity contribution in [3.05, 3.63) is 34.9 Å². The van der Waals surface area contributed by atoms with Crippen LogP contribution in [-0.4, -0.2) is 6.10 Å². The quantitative estimate of drug-likeness (QED) is 0.739. The minimum atomic E-state index is 0.0462. The Bertz CT molecular complexity index is 335. The molecule has 0 amide bonds. The molecule has 0 saturated carbocycles. The Morgan fingerprint density at radius 2 is 2.29 bits per heavy atom. The van der Waals surface area contributed by atoms with Crippen molar-refractivity contribution in [2.24, 2.45) is 5.73 Å². The smallest absolute Gasteiger partial charge is 0.0769 e. The first-order valence-corrected chi connectivity index (χ1v) is 5.19. The molecule has 76 valence electrons. The SMILES string of the molecule is CC[C@H]1OCc2cccc(C)c2[C@H]1N. The highest BCUT2D eigenvalue weighted by Gasteiger charge is 2.26. The average molecular weight is 191 g/mol. The molecule has 1 heterocycles. The van der Waals surface area contributed by atoms with E-state index in [1.807, 2.05) is 0 Å². The van der Waals surface area contributed by atoms with Crippen molar-refractivity contribution >= 4 is 0 Å². The Kier molecular flexibility index (Phi) is 2.57. The zero-order valence-corrected chi connectivity index (χ0v) is 8.79. The Morgan fingerprint density at radius 1 is 1.50 bits per heavy atom. The first-order valence-electron chi connectivity index (χ1n) is 5.19. The molecule has 1 aliphatic heterocycles. The standard InChI is InChI=1S/C12H17NO/c1-3-10-12(13)11-8(2)5-4-6-9(11)7-14-10/h4-6,10,12H,3,7,13H2,1-2H3/t10-,12+/m1/s1. The summed E-state index contributed by atoms with van der Waals surface area (Å²) in [4.78, 5) is 0. The van der Waals surface area contributed by atoms with Crippen LogP contribution >= 0.6 is 0 Å². The second-order valence-electron chi connectivity index (χ2n) is 3.93. The lowest BCUT2D eigenvalue weighted by atomic mass is 9.90. The number of fused-ring (bicyclic) bond motifs is 1. The summed E-state index contributed by atoms with van der Waals surface area (Å²) in [5, 5.41) is 0. The summed E-state index contributed by atoms with van der Waals surface area (Å²) in [6.45, 7) is 4.95. The van der Waals surface area contributed by atoms with E-state index >= 15 is 0 Å². The third-order valence-corrected chi connectivity index (χ3v) is 3.00. The molecule has 2 nitrogen and oxygen atoms in total. The van der Waals surface area contributed by atoms with Crippen LogP contribution in [0.15, 0.2) is 18.2 Å². The lowest BCUT2D eigenvalue weighted by molar-refractivity contribution is 0.00656. The van der Waals surface area contributed by atoms with Crippen LogP contribution in [-0.2, 0) is 11.3 Å². The maximum absolute atomic E-state index is 6.18. The number of aryl methyl sites for hydroxylation is 1. The first-order chi connectivity index (χ1) is 6.74. The molecule has 0 saturated heterocycles. The van der Waals surface area contributed by atoms with E-state index in [4.69, 9.17) is 10.5 Å². The van der Waals surface area contributed by atoms with Gasteiger partial charge in [-0.05, 0) is 30.0 Å². The van der Waals surface area contributed by atoms with Crippen molar-refractivity contribution in [1.82, 2.24) is 0 Å². The fourth-order valence-electron chi connectivity index (χ4n) is 2.20. The van der Waals surface area contributed by atoms with Crippen LogP contribution in [0.2, 0.25) is 0 Å². The van der Waals surface area contributed by atoms with Crippen LogP contribution in [0.25, 0.3) is 0 Å². The van der Waals surface area contributed by atoms with Crippen molar-refractivity contribution in [3.63, 3.8) is 0 Å². The van der Waals surface area contributed by atoms with Crippen molar-refractivity contribution < 1.29 is 4.74 Å². The Balaban J connectivity index is 2.43. The summed E-state index contributed by atoms with van der Waals surface area (Å²) >= 11 is 0. The van der Waals surface area contributed by atoms with E-state index in [9.17, 15) is 0 Å². The van der Waals surface area contributed by atoms with Crippen LogP contribution in [0.4, 0.5) is 0 Å². The fraction of sp³-hybridized carbons (Fsp3) is 0.500. The molecule has 0 aromatic heterocycles. The molecule has 0 aliphatic carbocycles. The summed E-state index contributed by atoms with van der Waals surface area (Å²) in [5.74, 6) is 0. The van der Waals surface area contributed by atoms with Crippen molar-refractivity contribution in [3.8, 4) is 0 Å². The summed E-state index contributed by atoms with van der Waals surface area (Å²) in [6.07, 6.45) is 1.16. The molecule has 2 N–H and O–H groups in total. The maximum Gasteiger partial charge on any atom is 0.0769 e. The summed E-state index contributed by atoms with van der Waals surface area (Å²) in [5.41, 5.74) is 10.0. The van der Waals surface area contributed by atoms with Gasteiger partial charge in [0.15, 0.2) is 0 Å². The molecule has 1 aromatic rings. The van der Waals surface area contributed by atoms with Gasteiger partial charge < -0.3 is 10.5 Å². The van der Waals surface area contributed by atoms with Gasteiger partial charge >= 0.3 is 0 Å². The topological polar surface area (TPSA) is 35.2 Å². The van der Waals surface area contributed by atoms with E-state index in [-0.39, 0.29) is 12.1 Å². The number of hydrogen-bond donors (Lipinski definition) is 1. The van der Waals surface area contributed by atoms with Crippen LogP contribution in [0.3, 0.4) is 0 Å². The molecular weight excluding hydrogens is 174 g/mol. The molecule has 2 heteroatoms. The van der Waals surface area contributed by atoms with Crippen LogP contribution < -0.4 is 5.73 Å². The van der Waals surface area contributed by atoms with Crippen LogP contribution in [0.5, 0.6) is 0 Å². The molecular formula is C12H17NO. The molecule has 2 atom stereocenters. The van der Waals surface area contributed by atoms with Gasteiger partial charge in [0.25, 0.3) is 0 Å². The van der Waals surface area contributed by atoms with E-state index < -0.39 is 0 Å². The highest BCUT2D eigenvalue weighted by atomic mass is 16.5. The Hall–Kier alpha value is -0.860. The third kappa shape index (κ3) is 1.45. The van der Waals surface area contributed by atoms with E-state index in [1.165, 1.54) is 16.7 Å². The lowest BCUT2D eigenvalue weighted by Gasteiger charge is -2.31. The predicted octanol–water partition coefficient (Wildman–Crippen LogP) is 2.30. The number of benzene rings is 1. The monoisotopic (exact) mass is 191 g/mol. The van der Waals surface area contributed by atoms with Gasteiger partial charge in [0.1, 0.15) is 0 Å². The van der Waals surface area contributed by atoms with Crippen LogP contribution in [0, 0.1) is 6.92 Å². The Morgan fingerprint density at radius 3 is 3.00 bits per heavy atom. The molecule has 0 bridgehead atoms. The first kappa shape index (κ1) is 9.69. The Labute approximate surface area is 85.1 Å². The molecule has 0 fully saturated rings. The van der Waals surface area contributed by atoms with Gasteiger partial charge in [-0.1, -0.05) is 25.1 Å². The number of nitrogens with two attached hydrogens (primary N) is 1. The van der Waals surface area contributed by atoms with Crippen LogP contribution in [0.1, 0.15) is 36.1 Å². The minimum Gasteiger partial charge on any atom is -0.372 e. The van der Waals surface area contributed by atoms with E-state index in [0.717, 1.165) is 6.42 Å². The summed E-state index contributed by atoms with van der Waals surface area (Å²) in [7, 11) is 0. The number of rotatable bonds is 1. The van der Waals surface area contributed by atoms with Crippen molar-refractivity contribution in [2.75, 3.05) is 0 Å². The van der Waals surface area contributed by atoms with Gasteiger partial charge in [-0.15, -0.1) is 0 Å². The zero-order valence-electron chi connectivity index (χ0n) is 8.79. The van der Waals surface area contributed by atoms with Crippen molar-refractivity contribution in [2.45, 2.75) is 39.0 Å². The second kappa shape index (κ2) is 3.71. The fourth-order valence-corrected chi connectivity index (χ4v) is 2.20. The van der Waals surface area contributed by atoms with E-state index in [1.54, 1.807) is 0 Å². The molecule has 1 aliphatic rings. The summed E-state index contributed by atoms with van der Waals surface area (Å²) < 4.78 is 5.70. The molecule has 2 rings (SSSR count). The highest BCUT2D eigenvalue weighted by molar-refractivity contribution is 5.38. The van der Waals surface area contributed by atoms with Crippen molar-refractivity contribution in [1.29, 1.82) is 0 Å². The normalized spacial score (nSPS) is 25.9. The van der Waals surface area contributed by atoms with Gasteiger partial charge in [-0.25, -0.2) is 0 Å². The molecule has 0 radical (unpaired) electrons. The number of ether oxygens (including phenoxy) is 1. The van der Waals surface area contributed by atoms with Gasteiger partial charge in [-0.2, -0.15) is 0 Å². The second-order valence-corrected chi connectivity index (χ2v) is 3.93. The van der Waals surface area contributed by atoms with E-state index in [0.29, 0.717) is 6.61 Å². The largest absolute Gasteiger partial charge is 0.372 e. The summed E-state index contributed by atoms with van der Waals surface area (Å²) in [6, 6.07) is 6.34. The molecule has 1 aromatic carbocycles. The predicted molar refractivity (Wildman–Crippen MR) is 57.0 cm³/mol. The van der Waals surface area contributed by atoms with Gasteiger partial charge in [-0.3, -0.25) is 0 Å². The average Bonchev–Trinajstić information content (AvgIpc) is 2.18.